The Kier molecular flexibility index (Phi) is 10.0. The van der Waals surface area contributed by atoms with Crippen LogP contribution in [0.5, 0.6) is 11.5 Å². The van der Waals surface area contributed by atoms with Gasteiger partial charge in [-0.05, 0) is 86.9 Å². The van der Waals surface area contributed by atoms with Gasteiger partial charge in [-0.2, -0.15) is 0 Å². The molecule has 2 aromatic carbocycles. The predicted molar refractivity (Wildman–Crippen MR) is 145 cm³/mol. The normalized spacial score (nSPS) is 21.1. The second-order valence-electron chi connectivity index (χ2n) is 10.4. The number of β-amino-alcohol motifs (C(OH)–C–C–N with tert-alkyl or cyclic N) is 1. The van der Waals surface area contributed by atoms with Crippen molar-refractivity contribution in [3.05, 3.63) is 47.5 Å². The monoisotopic (exact) mass is 496 g/mol. The highest BCUT2D eigenvalue weighted by molar-refractivity contribution is 5.74. The van der Waals surface area contributed by atoms with Crippen molar-refractivity contribution in [2.45, 2.75) is 64.5 Å². The summed E-state index contributed by atoms with van der Waals surface area (Å²) in [6.45, 7) is 10.7. The van der Waals surface area contributed by atoms with Crippen molar-refractivity contribution < 1.29 is 19.7 Å². The topological polar surface area (TPSA) is 65.4 Å². The lowest BCUT2D eigenvalue weighted by Crippen LogP contribution is -2.42. The van der Waals surface area contributed by atoms with Crippen LogP contribution < -0.4 is 9.47 Å². The first kappa shape index (κ1) is 26.9. The third-order valence-corrected chi connectivity index (χ3v) is 7.79. The minimum absolute atomic E-state index is 0.166. The van der Waals surface area contributed by atoms with Gasteiger partial charge in [-0.3, -0.25) is 4.90 Å². The number of rotatable bonds is 12. The van der Waals surface area contributed by atoms with Gasteiger partial charge < -0.3 is 24.6 Å². The second-order valence-corrected chi connectivity index (χ2v) is 10.4. The van der Waals surface area contributed by atoms with Crippen molar-refractivity contribution in [1.82, 2.24) is 9.80 Å². The molecule has 36 heavy (non-hydrogen) atoms. The number of aliphatic hydroxyl groups is 2. The van der Waals surface area contributed by atoms with E-state index in [9.17, 15) is 10.2 Å². The molecule has 2 aliphatic heterocycles. The van der Waals surface area contributed by atoms with E-state index in [2.05, 4.69) is 54.0 Å². The zero-order valence-electron chi connectivity index (χ0n) is 22.1. The van der Waals surface area contributed by atoms with E-state index < -0.39 is 0 Å². The van der Waals surface area contributed by atoms with Gasteiger partial charge in [-0.25, -0.2) is 0 Å². The molecule has 2 aromatic rings. The molecule has 0 bridgehead atoms. The van der Waals surface area contributed by atoms with Crippen LogP contribution in [0.3, 0.4) is 0 Å². The van der Waals surface area contributed by atoms with Gasteiger partial charge in [-0.1, -0.05) is 30.7 Å². The first-order chi connectivity index (χ1) is 17.6. The first-order valence-electron chi connectivity index (χ1n) is 13.8. The fourth-order valence-electron chi connectivity index (χ4n) is 5.62. The van der Waals surface area contributed by atoms with Crippen LogP contribution in [-0.4, -0.2) is 84.7 Å². The molecular formula is C30H44N2O4. The van der Waals surface area contributed by atoms with Gasteiger partial charge in [0.1, 0.15) is 11.5 Å². The first-order valence-corrected chi connectivity index (χ1v) is 13.8. The third kappa shape index (κ3) is 7.00. The Morgan fingerprint density at radius 1 is 0.833 bits per heavy atom. The Morgan fingerprint density at radius 2 is 1.47 bits per heavy atom. The molecule has 2 N–H and O–H groups in total. The molecule has 0 saturated carbocycles. The van der Waals surface area contributed by atoms with Crippen LogP contribution in [0.4, 0.5) is 0 Å². The summed E-state index contributed by atoms with van der Waals surface area (Å²) in [7, 11) is 0. The van der Waals surface area contributed by atoms with Gasteiger partial charge in [0.25, 0.3) is 0 Å². The lowest BCUT2D eigenvalue weighted by atomic mass is 9.95. The number of benzene rings is 2. The van der Waals surface area contributed by atoms with Gasteiger partial charge >= 0.3 is 0 Å². The molecular weight excluding hydrogens is 452 g/mol. The van der Waals surface area contributed by atoms with Crippen molar-refractivity contribution in [2.24, 2.45) is 0 Å². The molecule has 6 heteroatoms. The van der Waals surface area contributed by atoms with Crippen LogP contribution in [0.15, 0.2) is 36.4 Å². The molecule has 2 saturated heterocycles. The standard InChI is InChI=1S/C30H44N2O4/c1-23-27(10-5-12-29(23)35-19-7-15-31-18-14-26(34)21-31)28-11-6-13-30(24(28)2)36-20-8-17-32-16-4-3-9-25(32)22-33/h5-6,10-13,25-26,33-34H,3-4,7-9,14-22H2,1-2H3/t25?,26-/m1/s1. The molecule has 2 aliphatic rings. The minimum Gasteiger partial charge on any atom is -0.493 e. The number of piperidine rings is 1. The van der Waals surface area contributed by atoms with E-state index in [-0.39, 0.29) is 12.7 Å². The van der Waals surface area contributed by atoms with E-state index in [4.69, 9.17) is 9.47 Å². The summed E-state index contributed by atoms with van der Waals surface area (Å²) < 4.78 is 12.4. The number of aliphatic hydroxyl groups excluding tert-OH is 2. The van der Waals surface area contributed by atoms with Crippen LogP contribution in [0.1, 0.15) is 49.7 Å². The Morgan fingerprint density at radius 3 is 2.06 bits per heavy atom. The summed E-state index contributed by atoms with van der Waals surface area (Å²) in [4.78, 5) is 4.73. The second kappa shape index (κ2) is 13.4. The lowest BCUT2D eigenvalue weighted by molar-refractivity contribution is 0.0851. The number of likely N-dealkylation sites (tertiary alicyclic amines) is 2. The summed E-state index contributed by atoms with van der Waals surface area (Å²) >= 11 is 0. The average Bonchev–Trinajstić information content (AvgIpc) is 3.31. The van der Waals surface area contributed by atoms with Crippen LogP contribution >= 0.6 is 0 Å². The van der Waals surface area contributed by atoms with E-state index in [1.807, 2.05) is 6.07 Å². The average molecular weight is 497 g/mol. The van der Waals surface area contributed by atoms with Gasteiger partial charge in [-0.15, -0.1) is 0 Å². The van der Waals surface area contributed by atoms with Crippen LogP contribution in [-0.2, 0) is 0 Å². The maximum Gasteiger partial charge on any atom is 0.122 e. The highest BCUT2D eigenvalue weighted by Crippen LogP contribution is 2.35. The molecule has 0 aromatic heterocycles. The number of hydrogen-bond donors (Lipinski definition) is 2. The van der Waals surface area contributed by atoms with E-state index in [0.717, 1.165) is 81.0 Å². The van der Waals surface area contributed by atoms with Crippen LogP contribution in [0.2, 0.25) is 0 Å². The summed E-state index contributed by atoms with van der Waals surface area (Å²) in [5.74, 6) is 1.86. The quantitative estimate of drug-likeness (QED) is 0.424. The molecule has 2 atom stereocenters. The Labute approximate surface area is 216 Å². The van der Waals surface area contributed by atoms with Gasteiger partial charge in [0.05, 0.1) is 25.9 Å². The largest absolute Gasteiger partial charge is 0.493 e. The van der Waals surface area contributed by atoms with E-state index >= 15 is 0 Å². The molecule has 198 valence electrons. The van der Waals surface area contributed by atoms with Crippen molar-refractivity contribution >= 4 is 0 Å². The fraction of sp³-hybridized carbons (Fsp3) is 0.600. The number of ether oxygens (including phenoxy) is 2. The lowest BCUT2D eigenvalue weighted by Gasteiger charge is -2.34. The van der Waals surface area contributed by atoms with E-state index in [1.165, 1.54) is 24.0 Å². The van der Waals surface area contributed by atoms with Gasteiger partial charge in [0.15, 0.2) is 0 Å². The smallest absolute Gasteiger partial charge is 0.122 e. The molecule has 0 radical (unpaired) electrons. The minimum atomic E-state index is -0.166. The van der Waals surface area contributed by atoms with E-state index in [0.29, 0.717) is 19.3 Å². The van der Waals surface area contributed by atoms with Crippen molar-refractivity contribution in [3.63, 3.8) is 0 Å². The molecule has 2 heterocycles. The third-order valence-electron chi connectivity index (χ3n) is 7.79. The summed E-state index contributed by atoms with van der Waals surface area (Å²) in [5.41, 5.74) is 4.65. The number of nitrogens with zero attached hydrogens (tertiary/aromatic N) is 2. The van der Waals surface area contributed by atoms with Crippen molar-refractivity contribution in [3.8, 4) is 22.6 Å². The molecule has 0 spiro atoms. The zero-order valence-corrected chi connectivity index (χ0v) is 22.1. The Balaban J connectivity index is 1.31. The number of hydrogen-bond acceptors (Lipinski definition) is 6. The van der Waals surface area contributed by atoms with Gasteiger partial charge in [0.2, 0.25) is 0 Å². The van der Waals surface area contributed by atoms with Crippen LogP contribution in [0, 0.1) is 13.8 Å². The summed E-state index contributed by atoms with van der Waals surface area (Å²) in [5, 5.41) is 19.3. The maximum atomic E-state index is 9.69. The van der Waals surface area contributed by atoms with Crippen molar-refractivity contribution in [2.75, 3.05) is 52.5 Å². The van der Waals surface area contributed by atoms with Crippen LogP contribution in [0.25, 0.3) is 11.1 Å². The zero-order chi connectivity index (χ0) is 25.3. The molecule has 2 fully saturated rings. The predicted octanol–water partition coefficient (Wildman–Crippen LogP) is 4.42. The Bertz CT molecular complexity index is 966. The molecule has 0 amide bonds. The molecule has 1 unspecified atom stereocenters. The van der Waals surface area contributed by atoms with E-state index in [1.54, 1.807) is 0 Å². The molecule has 0 aliphatic carbocycles. The fourth-order valence-corrected chi connectivity index (χ4v) is 5.62. The highest BCUT2D eigenvalue weighted by Gasteiger charge is 2.21. The Hall–Kier alpha value is -2.12. The molecule has 4 rings (SSSR count). The van der Waals surface area contributed by atoms with Crippen molar-refractivity contribution in [1.29, 1.82) is 0 Å². The molecule has 6 nitrogen and oxygen atoms in total. The summed E-state index contributed by atoms with van der Waals surface area (Å²) in [6, 6.07) is 12.9. The highest BCUT2D eigenvalue weighted by atomic mass is 16.5. The maximum absolute atomic E-state index is 9.69. The SMILES string of the molecule is Cc1c(OCCCN2CC[C@@H](O)C2)cccc1-c1cccc(OCCCN2CCCCC2CO)c1C. The van der Waals surface area contributed by atoms with Gasteiger partial charge in [0, 0.05) is 32.2 Å². The summed E-state index contributed by atoms with van der Waals surface area (Å²) in [6.07, 6.45) is 6.17.